The highest BCUT2D eigenvalue weighted by atomic mass is 32.2. The van der Waals surface area contributed by atoms with E-state index in [0.717, 1.165) is 4.31 Å². The minimum atomic E-state index is -4.02. The van der Waals surface area contributed by atoms with E-state index in [9.17, 15) is 18.3 Å². The Morgan fingerprint density at radius 3 is 2.27 bits per heavy atom. The summed E-state index contributed by atoms with van der Waals surface area (Å²) < 4.78 is 32.1. The lowest BCUT2D eigenvalue weighted by molar-refractivity contribution is -0.141. The van der Waals surface area contributed by atoms with E-state index in [4.69, 9.17) is 4.74 Å². The number of hydrogen-bond acceptors (Lipinski definition) is 6. The Kier molecular flexibility index (Phi) is 4.68. The Bertz CT molecular complexity index is 957. The zero-order chi connectivity index (χ0) is 19.1. The summed E-state index contributed by atoms with van der Waals surface area (Å²) in [4.78, 5) is 20.5. The molecule has 0 aliphatic carbocycles. The molecule has 0 spiro atoms. The molecule has 2 heterocycles. The van der Waals surface area contributed by atoms with Gasteiger partial charge in [0.2, 0.25) is 10.0 Å². The molecule has 138 valence electrons. The van der Waals surface area contributed by atoms with Gasteiger partial charge in [-0.3, -0.25) is 14.8 Å². The maximum absolute atomic E-state index is 13.0. The average molecular weight is 377 g/mol. The van der Waals surface area contributed by atoms with Crippen LogP contribution in [0.3, 0.4) is 0 Å². The van der Waals surface area contributed by atoms with Crippen molar-refractivity contribution in [3.8, 4) is 5.75 Å². The summed E-state index contributed by atoms with van der Waals surface area (Å²) in [7, 11) is -2.54. The number of sulfonamides is 1. The van der Waals surface area contributed by atoms with E-state index >= 15 is 0 Å². The lowest BCUT2D eigenvalue weighted by atomic mass is 10.0. The summed E-state index contributed by atoms with van der Waals surface area (Å²) in [6.07, 6.45) is -0.0197. The van der Waals surface area contributed by atoms with Crippen molar-refractivity contribution >= 4 is 16.0 Å². The molecule has 1 aromatic carbocycles. The molecule has 1 aliphatic rings. The first kappa shape index (κ1) is 18.3. The number of fused-ring (bicyclic) bond motifs is 1. The predicted octanol–water partition coefficient (Wildman–Crippen LogP) is 1.30. The summed E-state index contributed by atoms with van der Waals surface area (Å²) in [6, 6.07) is 4.61. The Morgan fingerprint density at radius 1 is 1.15 bits per heavy atom. The van der Waals surface area contributed by atoms with Crippen LogP contribution in [0.4, 0.5) is 0 Å². The topological polar surface area (TPSA) is 110 Å². The monoisotopic (exact) mass is 377 g/mol. The van der Waals surface area contributed by atoms with Gasteiger partial charge in [-0.25, -0.2) is 8.42 Å². The second-order valence-electron chi connectivity index (χ2n) is 6.07. The third-order valence-corrected chi connectivity index (χ3v) is 6.32. The highest BCUT2D eigenvalue weighted by Gasteiger charge is 2.41. The van der Waals surface area contributed by atoms with Crippen molar-refractivity contribution in [2.75, 3.05) is 7.11 Å². The van der Waals surface area contributed by atoms with Gasteiger partial charge in [0, 0.05) is 6.42 Å². The van der Waals surface area contributed by atoms with Gasteiger partial charge in [0.15, 0.2) is 0 Å². The van der Waals surface area contributed by atoms with Crippen molar-refractivity contribution in [3.05, 3.63) is 47.0 Å². The van der Waals surface area contributed by atoms with Crippen LogP contribution >= 0.6 is 0 Å². The third-order valence-electron chi connectivity index (χ3n) is 4.45. The summed E-state index contributed by atoms with van der Waals surface area (Å²) in [5.74, 6) is -0.701. The van der Waals surface area contributed by atoms with Gasteiger partial charge >= 0.3 is 5.97 Å². The first-order valence-electron chi connectivity index (χ1n) is 7.95. The van der Waals surface area contributed by atoms with Gasteiger partial charge < -0.3 is 9.84 Å². The number of carboxylic acids is 1. The van der Waals surface area contributed by atoms with Gasteiger partial charge in [0.25, 0.3) is 0 Å². The maximum atomic E-state index is 13.0. The average Bonchev–Trinajstić information content (AvgIpc) is 2.61. The van der Waals surface area contributed by atoms with Crippen molar-refractivity contribution in [3.63, 3.8) is 0 Å². The molecule has 1 aromatic heterocycles. The lowest BCUT2D eigenvalue weighted by Gasteiger charge is -2.32. The second-order valence-corrected chi connectivity index (χ2v) is 7.96. The van der Waals surface area contributed by atoms with Crippen molar-refractivity contribution in [1.29, 1.82) is 0 Å². The zero-order valence-electron chi connectivity index (χ0n) is 14.6. The van der Waals surface area contributed by atoms with Gasteiger partial charge in [-0.1, -0.05) is 0 Å². The molecule has 0 saturated carbocycles. The maximum Gasteiger partial charge on any atom is 0.322 e. The van der Waals surface area contributed by atoms with E-state index in [2.05, 4.69) is 9.97 Å². The van der Waals surface area contributed by atoms with E-state index < -0.39 is 22.0 Å². The first-order valence-corrected chi connectivity index (χ1v) is 9.39. The van der Waals surface area contributed by atoms with Crippen LogP contribution in [-0.4, -0.2) is 46.9 Å². The van der Waals surface area contributed by atoms with E-state index in [1.54, 1.807) is 13.8 Å². The number of carboxylic acid groups (broad SMARTS) is 1. The molecule has 0 radical (unpaired) electrons. The van der Waals surface area contributed by atoms with Crippen LogP contribution in [0.25, 0.3) is 0 Å². The Balaban J connectivity index is 2.05. The molecule has 0 amide bonds. The Labute approximate surface area is 151 Å². The summed E-state index contributed by atoms with van der Waals surface area (Å²) in [5.41, 5.74) is 2.42. The van der Waals surface area contributed by atoms with Gasteiger partial charge in [-0.05, 0) is 38.1 Å². The number of carbonyl (C=O) groups is 1. The number of methoxy groups -OCH3 is 1. The molecule has 0 saturated heterocycles. The van der Waals surface area contributed by atoms with Crippen molar-refractivity contribution < 1.29 is 23.1 Å². The minimum Gasteiger partial charge on any atom is -0.497 e. The summed E-state index contributed by atoms with van der Waals surface area (Å²) >= 11 is 0. The molecular formula is C17H19N3O5S. The fourth-order valence-corrected chi connectivity index (χ4v) is 4.42. The fourth-order valence-electron chi connectivity index (χ4n) is 2.87. The van der Waals surface area contributed by atoms with Gasteiger partial charge in [-0.15, -0.1) is 0 Å². The van der Waals surface area contributed by atoms with Crippen molar-refractivity contribution in [2.24, 2.45) is 0 Å². The third kappa shape index (κ3) is 3.15. The van der Waals surface area contributed by atoms with Crippen LogP contribution in [0.1, 0.15) is 22.8 Å². The van der Waals surface area contributed by atoms with Crippen LogP contribution in [-0.2, 0) is 27.8 Å². The largest absolute Gasteiger partial charge is 0.497 e. The summed E-state index contributed by atoms with van der Waals surface area (Å²) in [6.45, 7) is 3.45. The fraction of sp³-hybridized carbons (Fsp3) is 0.353. The quantitative estimate of drug-likeness (QED) is 0.855. The molecule has 9 heteroatoms. The van der Waals surface area contributed by atoms with Crippen LogP contribution in [0.5, 0.6) is 5.75 Å². The molecule has 3 rings (SSSR count). The van der Waals surface area contributed by atoms with Gasteiger partial charge in [-0.2, -0.15) is 4.31 Å². The molecule has 26 heavy (non-hydrogen) atoms. The van der Waals surface area contributed by atoms with Gasteiger partial charge in [0.1, 0.15) is 11.8 Å². The molecule has 1 aliphatic heterocycles. The Hall–Kier alpha value is -2.52. The molecule has 2 aromatic rings. The number of hydrogen-bond donors (Lipinski definition) is 1. The van der Waals surface area contributed by atoms with Crippen LogP contribution in [0.2, 0.25) is 0 Å². The zero-order valence-corrected chi connectivity index (χ0v) is 15.4. The number of ether oxygens (including phenoxy) is 1. The van der Waals surface area contributed by atoms with E-state index in [-0.39, 0.29) is 17.9 Å². The molecule has 0 fully saturated rings. The summed E-state index contributed by atoms with van der Waals surface area (Å²) in [5, 5.41) is 9.58. The number of aryl methyl sites for hydroxylation is 2. The molecule has 1 unspecified atom stereocenters. The van der Waals surface area contributed by atoms with Crippen LogP contribution in [0.15, 0.2) is 29.2 Å². The second kappa shape index (κ2) is 6.65. The number of rotatable bonds is 4. The van der Waals surface area contributed by atoms with E-state index in [1.165, 1.54) is 31.4 Å². The normalized spacial score (nSPS) is 17.6. The number of nitrogens with zero attached hydrogens (tertiary/aromatic N) is 3. The van der Waals surface area contributed by atoms with Gasteiger partial charge in [0.05, 0.1) is 41.3 Å². The SMILES string of the molecule is COc1ccc(S(=O)(=O)N2Cc3nc(C)c(C)nc3CC2C(=O)O)cc1. The van der Waals surface area contributed by atoms with E-state index in [1.807, 2.05) is 0 Å². The molecule has 8 nitrogen and oxygen atoms in total. The van der Waals surface area contributed by atoms with Crippen molar-refractivity contribution in [2.45, 2.75) is 37.8 Å². The molecule has 0 bridgehead atoms. The number of benzene rings is 1. The highest BCUT2D eigenvalue weighted by Crippen LogP contribution is 2.29. The minimum absolute atomic E-state index is 0.00444. The van der Waals surface area contributed by atoms with Crippen LogP contribution in [0, 0.1) is 13.8 Å². The van der Waals surface area contributed by atoms with E-state index in [0.29, 0.717) is 28.5 Å². The molecule has 1 N–H and O–H groups in total. The Morgan fingerprint density at radius 2 is 1.73 bits per heavy atom. The number of aliphatic carboxylic acids is 1. The van der Waals surface area contributed by atoms with Crippen LogP contribution < -0.4 is 4.74 Å². The highest BCUT2D eigenvalue weighted by molar-refractivity contribution is 7.89. The lowest BCUT2D eigenvalue weighted by Crippen LogP contribution is -2.49. The molecule has 1 atom stereocenters. The predicted molar refractivity (Wildman–Crippen MR) is 92.4 cm³/mol. The molecular weight excluding hydrogens is 358 g/mol. The smallest absolute Gasteiger partial charge is 0.322 e. The number of aromatic nitrogens is 2. The standard InChI is InChI=1S/C17H19N3O5S/c1-10-11(2)19-15-9-20(16(17(21)22)8-14(15)18-10)26(23,24)13-6-4-12(25-3)5-7-13/h4-7,16H,8-9H2,1-3H3,(H,21,22). The first-order chi connectivity index (χ1) is 12.2. The van der Waals surface area contributed by atoms with Crippen molar-refractivity contribution in [1.82, 2.24) is 14.3 Å².